The van der Waals surface area contributed by atoms with Crippen LogP contribution in [0.15, 0.2) is 0 Å². The van der Waals surface area contributed by atoms with Gasteiger partial charge in [-0.25, -0.2) is 0 Å². The van der Waals surface area contributed by atoms with Crippen molar-refractivity contribution in [3.8, 4) is 0 Å². The molecule has 76 valence electrons. The first-order valence-electron chi connectivity index (χ1n) is 3.55. The van der Waals surface area contributed by atoms with E-state index in [0.717, 1.165) is 6.54 Å². The molecule has 0 fully saturated rings. The number of hydrogen-bond acceptors (Lipinski definition) is 2. The zero-order valence-corrected chi connectivity index (χ0v) is 14.2. The van der Waals surface area contributed by atoms with Crippen LogP contribution in [0.25, 0.3) is 0 Å². The quantitative estimate of drug-likeness (QED) is 0.531. The van der Waals surface area contributed by atoms with Crippen molar-refractivity contribution < 1.29 is 18.0 Å². The van der Waals surface area contributed by atoms with Crippen LogP contribution in [0, 0.1) is 0 Å². The van der Waals surface area contributed by atoms with Crippen molar-refractivity contribution in [2.45, 2.75) is 33.2 Å². The molecule has 2 nitrogen and oxygen atoms in total. The van der Waals surface area contributed by atoms with Crippen molar-refractivity contribution in [1.29, 1.82) is 0 Å². The summed E-state index contributed by atoms with van der Waals surface area (Å²) in [6.45, 7) is 8.21. The van der Waals surface area contributed by atoms with E-state index in [1.165, 1.54) is 0 Å². The number of halogens is 3. The third-order valence-electron chi connectivity index (χ3n) is 1.50. The SMILES string of the molecule is CCNC(C)(C)C(C)=O.I[I-]I. The van der Waals surface area contributed by atoms with E-state index in [4.69, 9.17) is 0 Å². The Labute approximate surface area is 105 Å². The van der Waals surface area contributed by atoms with Crippen LogP contribution in [0.1, 0.15) is 27.7 Å². The second-order valence-electron chi connectivity index (χ2n) is 2.77. The Kier molecular flexibility index (Phi) is 12.7. The minimum atomic E-state index is -0.339. The van der Waals surface area contributed by atoms with Gasteiger partial charge in [0.15, 0.2) is 0 Å². The molecule has 0 aromatic heterocycles. The molecule has 0 bridgehead atoms. The van der Waals surface area contributed by atoms with Crippen LogP contribution in [0.2, 0.25) is 0 Å². The van der Waals surface area contributed by atoms with Crippen LogP contribution in [0.5, 0.6) is 0 Å². The van der Waals surface area contributed by atoms with Gasteiger partial charge < -0.3 is 5.32 Å². The number of nitrogens with one attached hydrogen (secondary N) is 1. The van der Waals surface area contributed by atoms with Crippen LogP contribution < -0.4 is 18.6 Å². The molecule has 0 aromatic rings. The summed E-state index contributed by atoms with van der Waals surface area (Å²) in [5, 5.41) is 3.07. The molecule has 0 amide bonds. The first kappa shape index (κ1) is 16.3. The van der Waals surface area contributed by atoms with E-state index in [0.29, 0.717) is 13.3 Å². The molecule has 0 aliphatic heterocycles. The Hall–Kier alpha value is 1.82. The molecule has 0 saturated carbocycles. The van der Waals surface area contributed by atoms with Gasteiger partial charge in [0, 0.05) is 0 Å². The van der Waals surface area contributed by atoms with E-state index in [9.17, 15) is 4.79 Å². The molecule has 0 rings (SSSR count). The van der Waals surface area contributed by atoms with E-state index in [2.05, 4.69) is 42.5 Å². The second-order valence-corrected chi connectivity index (χ2v) is 19.0. The summed E-state index contributed by atoms with van der Waals surface area (Å²) in [5.41, 5.74) is -0.339. The molecular formula is C7H15I3NO-. The standard InChI is InChI=1S/C7H15NO.I3/c1-5-8-7(3,4)6(2)9;1-3-2/h8H,5H2,1-4H3;/q;-1. The van der Waals surface area contributed by atoms with Crippen molar-refractivity contribution in [2.75, 3.05) is 6.54 Å². The van der Waals surface area contributed by atoms with Crippen molar-refractivity contribution in [1.82, 2.24) is 5.32 Å². The molecular weight excluding hydrogens is 495 g/mol. The number of ketones is 1. The third-order valence-corrected chi connectivity index (χ3v) is 1.50. The second kappa shape index (κ2) is 9.38. The van der Waals surface area contributed by atoms with E-state index in [1.54, 1.807) is 6.92 Å². The summed E-state index contributed by atoms with van der Waals surface area (Å²) in [6, 6.07) is 0. The molecule has 0 saturated heterocycles. The molecule has 1 N–H and O–H groups in total. The molecule has 0 aromatic carbocycles. The molecule has 0 radical (unpaired) electrons. The van der Waals surface area contributed by atoms with Crippen LogP contribution in [-0.4, -0.2) is 17.9 Å². The summed E-state index contributed by atoms with van der Waals surface area (Å²) in [5.74, 6) is 0.185. The van der Waals surface area contributed by atoms with Gasteiger partial charge in [-0.05, 0) is 27.3 Å². The fraction of sp³-hybridized carbons (Fsp3) is 0.857. The predicted octanol–water partition coefficient (Wildman–Crippen LogP) is -0.261. The first-order valence-corrected chi connectivity index (χ1v) is 16.1. The molecule has 0 aliphatic rings. The van der Waals surface area contributed by atoms with Gasteiger partial charge in [-0.2, -0.15) is 0 Å². The van der Waals surface area contributed by atoms with Crippen LogP contribution in [0.3, 0.4) is 0 Å². The van der Waals surface area contributed by atoms with Gasteiger partial charge >= 0.3 is 50.5 Å². The van der Waals surface area contributed by atoms with Crippen molar-refractivity contribution in [2.24, 2.45) is 0 Å². The normalized spacial score (nSPS) is 10.5. The Morgan fingerprint density at radius 1 is 1.50 bits per heavy atom. The predicted molar refractivity (Wildman–Crippen MR) is 66.5 cm³/mol. The van der Waals surface area contributed by atoms with Crippen LogP contribution >= 0.6 is 37.2 Å². The van der Waals surface area contributed by atoms with Crippen LogP contribution in [-0.2, 0) is 4.79 Å². The third kappa shape index (κ3) is 9.90. The summed E-state index contributed by atoms with van der Waals surface area (Å²) >= 11 is 5.30. The molecule has 0 aliphatic carbocycles. The minimum absolute atomic E-state index is 0.185. The van der Waals surface area contributed by atoms with Crippen molar-refractivity contribution in [3.05, 3.63) is 0 Å². The summed E-state index contributed by atoms with van der Waals surface area (Å²) in [6.07, 6.45) is 0. The number of likely N-dealkylation sites (N-methyl/N-ethyl adjacent to an activating group) is 1. The van der Waals surface area contributed by atoms with E-state index in [1.807, 2.05) is 20.8 Å². The fourth-order valence-electron chi connectivity index (χ4n) is 0.566. The van der Waals surface area contributed by atoms with Crippen molar-refractivity contribution >= 4 is 43.0 Å². The van der Waals surface area contributed by atoms with Crippen LogP contribution in [0.4, 0.5) is 0 Å². The maximum absolute atomic E-state index is 10.8. The van der Waals surface area contributed by atoms with Gasteiger partial charge in [0.1, 0.15) is 5.78 Å². The monoisotopic (exact) mass is 510 g/mol. The number of carbonyl (C=O) groups excluding carboxylic acids is 1. The molecule has 0 spiro atoms. The summed E-state index contributed by atoms with van der Waals surface area (Å²) < 4.78 is 0. The van der Waals surface area contributed by atoms with E-state index >= 15 is 0 Å². The van der Waals surface area contributed by atoms with Gasteiger partial charge in [-0.15, -0.1) is 0 Å². The zero-order valence-electron chi connectivity index (χ0n) is 7.75. The topological polar surface area (TPSA) is 29.1 Å². The summed E-state index contributed by atoms with van der Waals surface area (Å²) in [7, 11) is 0. The van der Waals surface area contributed by atoms with E-state index < -0.39 is 0 Å². The average molecular weight is 510 g/mol. The Balaban J connectivity index is 0. The Bertz CT molecular complexity index is 128. The summed E-state index contributed by atoms with van der Waals surface area (Å²) in [4.78, 5) is 10.8. The zero-order chi connectivity index (χ0) is 10.2. The molecule has 0 heterocycles. The van der Waals surface area contributed by atoms with Gasteiger partial charge in [0.2, 0.25) is 0 Å². The number of carbonyl (C=O) groups is 1. The average Bonchev–Trinajstić information content (AvgIpc) is 1.88. The fourth-order valence-corrected chi connectivity index (χ4v) is 0.566. The molecule has 0 atom stereocenters. The Morgan fingerprint density at radius 3 is 1.92 bits per heavy atom. The first-order chi connectivity index (χ1) is 5.42. The number of Topliss-reactive ketones (excluding diaryl/α,β-unsaturated/α-hetero) is 1. The Morgan fingerprint density at radius 2 is 1.83 bits per heavy atom. The maximum atomic E-state index is 10.8. The molecule has 12 heavy (non-hydrogen) atoms. The van der Waals surface area contributed by atoms with E-state index in [-0.39, 0.29) is 11.3 Å². The van der Waals surface area contributed by atoms with Crippen molar-refractivity contribution in [3.63, 3.8) is 0 Å². The van der Waals surface area contributed by atoms with Gasteiger partial charge in [0.25, 0.3) is 0 Å². The molecule has 5 heteroatoms. The molecule has 0 unspecified atom stereocenters. The number of rotatable bonds is 3. The van der Waals surface area contributed by atoms with Gasteiger partial charge in [-0.1, -0.05) is 6.92 Å². The van der Waals surface area contributed by atoms with Gasteiger partial charge in [-0.3, -0.25) is 4.79 Å². The van der Waals surface area contributed by atoms with Gasteiger partial charge in [0.05, 0.1) is 5.54 Å². The number of hydrogen-bond donors (Lipinski definition) is 1.